The summed E-state index contributed by atoms with van der Waals surface area (Å²) in [6, 6.07) is 41.2. The Morgan fingerprint density at radius 2 is 1.52 bits per heavy atom. The van der Waals surface area contributed by atoms with E-state index in [4.69, 9.17) is 15.2 Å². The fraction of sp³-hybridized carbons (Fsp3) is 0.267. The van der Waals surface area contributed by atoms with Gasteiger partial charge in [-0.2, -0.15) is 4.68 Å². The van der Waals surface area contributed by atoms with Gasteiger partial charge >= 0.3 is 0 Å². The Morgan fingerprint density at radius 1 is 0.776 bits per heavy atom. The summed E-state index contributed by atoms with van der Waals surface area (Å²) in [5, 5.41) is 28.5. The van der Waals surface area contributed by atoms with Crippen LogP contribution in [0, 0.1) is 0 Å². The zero-order chi connectivity index (χ0) is 40.1. The van der Waals surface area contributed by atoms with E-state index in [0.29, 0.717) is 60.9 Å². The van der Waals surface area contributed by atoms with Crippen molar-refractivity contribution >= 4 is 35.0 Å². The van der Waals surface area contributed by atoms with E-state index in [0.717, 1.165) is 45.5 Å². The molecule has 1 aliphatic heterocycles. The molecular weight excluding hydrogens is 751 g/mol. The molecule has 0 unspecified atom stereocenters. The van der Waals surface area contributed by atoms with Gasteiger partial charge in [0.15, 0.2) is 6.29 Å². The number of hydrogen-bond acceptors (Lipinski definition) is 10. The van der Waals surface area contributed by atoms with E-state index >= 15 is 0 Å². The minimum Gasteiger partial charge on any atom is -0.397 e. The van der Waals surface area contributed by atoms with Crippen molar-refractivity contribution in [3.8, 4) is 16.8 Å². The van der Waals surface area contributed by atoms with Crippen LogP contribution in [0.5, 0.6) is 0 Å². The van der Waals surface area contributed by atoms with Crippen LogP contribution in [0.15, 0.2) is 133 Å². The quantitative estimate of drug-likeness (QED) is 0.0404. The van der Waals surface area contributed by atoms with Crippen molar-refractivity contribution in [2.75, 3.05) is 16.8 Å². The standard InChI is InChI=1S/C45H47N7O5S/c46-39-14-7-8-15-40(39)48-43(55)17-6-2-5-16-42(54)47-28-32-10-9-11-36(26-32)33-22-24-35(25-23-33)44-56-38(27-41(57-44)34-20-18-31(29-53)19-21-34)30-58-45-49-50-51-52(45)37-12-3-1-4-13-37/h1,3-4,7-15,18-26,38,41,44,53H,2,5-6,16-17,27-30,46H2,(H,47,54)(H,48,55)/t38-,41+,44+/m0/s1. The van der Waals surface area contributed by atoms with Gasteiger partial charge in [-0.25, -0.2) is 0 Å². The second kappa shape index (κ2) is 20.0. The first-order valence-corrected chi connectivity index (χ1v) is 20.5. The third-order valence-electron chi connectivity index (χ3n) is 9.93. The lowest BCUT2D eigenvalue weighted by Gasteiger charge is -2.36. The smallest absolute Gasteiger partial charge is 0.224 e. The zero-order valence-electron chi connectivity index (χ0n) is 32.1. The molecule has 1 saturated heterocycles. The largest absolute Gasteiger partial charge is 0.397 e. The van der Waals surface area contributed by atoms with Crippen LogP contribution in [-0.4, -0.2) is 49.0 Å². The molecule has 0 radical (unpaired) electrons. The van der Waals surface area contributed by atoms with Crippen molar-refractivity contribution in [2.45, 2.75) is 75.3 Å². The topological polar surface area (TPSA) is 167 Å². The van der Waals surface area contributed by atoms with Crippen LogP contribution in [0.2, 0.25) is 0 Å². The number of nitrogens with one attached hydrogen (secondary N) is 2. The number of rotatable bonds is 17. The van der Waals surface area contributed by atoms with Crippen molar-refractivity contribution in [3.05, 3.63) is 150 Å². The van der Waals surface area contributed by atoms with Crippen molar-refractivity contribution < 1.29 is 24.2 Å². The van der Waals surface area contributed by atoms with Crippen LogP contribution in [0.3, 0.4) is 0 Å². The van der Waals surface area contributed by atoms with Gasteiger partial charge < -0.3 is 30.9 Å². The Morgan fingerprint density at radius 3 is 2.29 bits per heavy atom. The van der Waals surface area contributed by atoms with E-state index in [9.17, 15) is 14.7 Å². The molecule has 2 amide bonds. The highest BCUT2D eigenvalue weighted by Crippen LogP contribution is 2.40. The second-order valence-corrected chi connectivity index (χ2v) is 15.2. The number of tetrazole rings is 1. The molecule has 1 aliphatic rings. The molecule has 58 heavy (non-hydrogen) atoms. The number of nitrogens with zero attached hydrogens (tertiary/aromatic N) is 4. The maximum absolute atomic E-state index is 12.6. The number of nitrogen functional groups attached to an aromatic ring is 1. The number of aromatic nitrogens is 4. The summed E-state index contributed by atoms with van der Waals surface area (Å²) < 4.78 is 14.9. The van der Waals surface area contributed by atoms with Crippen LogP contribution in [-0.2, 0) is 32.2 Å². The predicted molar refractivity (Wildman–Crippen MR) is 225 cm³/mol. The third kappa shape index (κ3) is 11.0. The molecule has 2 heterocycles. The van der Waals surface area contributed by atoms with Crippen molar-refractivity contribution in [1.82, 2.24) is 25.5 Å². The van der Waals surface area contributed by atoms with Gasteiger partial charge in [0.1, 0.15) is 0 Å². The molecule has 5 N–H and O–H groups in total. The summed E-state index contributed by atoms with van der Waals surface area (Å²) >= 11 is 1.54. The number of ether oxygens (including phenoxy) is 2. The Kier molecular flexibility index (Phi) is 13.9. The van der Waals surface area contributed by atoms with E-state index < -0.39 is 6.29 Å². The zero-order valence-corrected chi connectivity index (χ0v) is 32.9. The number of anilines is 2. The van der Waals surface area contributed by atoms with E-state index in [1.54, 1.807) is 16.8 Å². The highest BCUT2D eigenvalue weighted by Gasteiger charge is 2.33. The molecule has 1 fully saturated rings. The Balaban J connectivity index is 0.926. The Hall–Kier alpha value is -5.86. The molecule has 0 saturated carbocycles. The molecular formula is C45H47N7O5S. The number of amides is 2. The molecule has 13 heteroatoms. The number of para-hydroxylation sites is 3. The molecule has 6 aromatic rings. The lowest BCUT2D eigenvalue weighted by Crippen LogP contribution is -2.31. The average molecular weight is 798 g/mol. The maximum atomic E-state index is 12.6. The molecule has 298 valence electrons. The summed E-state index contributed by atoms with van der Waals surface area (Å²) in [6.45, 7) is 0.404. The highest BCUT2D eigenvalue weighted by molar-refractivity contribution is 7.99. The predicted octanol–water partition coefficient (Wildman–Crippen LogP) is 7.95. The lowest BCUT2D eigenvalue weighted by atomic mass is 9.99. The first-order chi connectivity index (χ1) is 28.4. The first-order valence-electron chi connectivity index (χ1n) is 19.5. The summed E-state index contributed by atoms with van der Waals surface area (Å²) in [7, 11) is 0. The minimum atomic E-state index is -0.603. The van der Waals surface area contributed by atoms with Gasteiger partial charge in [-0.1, -0.05) is 115 Å². The van der Waals surface area contributed by atoms with Gasteiger partial charge in [-0.15, -0.1) is 5.10 Å². The number of benzene rings is 5. The number of unbranched alkanes of at least 4 members (excludes halogenated alkanes) is 2. The summed E-state index contributed by atoms with van der Waals surface area (Å²) in [6.07, 6.45) is 2.62. The normalized spacial score (nSPS) is 16.5. The van der Waals surface area contributed by atoms with E-state index in [-0.39, 0.29) is 30.6 Å². The molecule has 3 atom stereocenters. The molecule has 0 bridgehead atoms. The Labute approximate surface area is 342 Å². The average Bonchev–Trinajstić information content (AvgIpc) is 3.75. The van der Waals surface area contributed by atoms with Crippen LogP contribution >= 0.6 is 11.8 Å². The van der Waals surface area contributed by atoms with Crippen molar-refractivity contribution in [2.24, 2.45) is 0 Å². The van der Waals surface area contributed by atoms with Gasteiger partial charge in [-0.3, -0.25) is 9.59 Å². The van der Waals surface area contributed by atoms with Crippen molar-refractivity contribution in [3.63, 3.8) is 0 Å². The van der Waals surface area contributed by atoms with E-state index in [1.807, 2.05) is 91.0 Å². The van der Waals surface area contributed by atoms with Gasteiger partial charge in [0, 0.05) is 37.1 Å². The Bertz CT molecular complexity index is 2250. The van der Waals surface area contributed by atoms with Crippen LogP contribution in [0.1, 0.15) is 73.2 Å². The molecule has 0 aliphatic carbocycles. The van der Waals surface area contributed by atoms with Gasteiger partial charge in [-0.05, 0) is 81.4 Å². The lowest BCUT2D eigenvalue weighted by molar-refractivity contribution is -0.245. The number of nitrogens with two attached hydrogens (primary N) is 1. The molecule has 12 nitrogen and oxygen atoms in total. The number of aliphatic hydroxyl groups excluding tert-OH is 1. The van der Waals surface area contributed by atoms with E-state index in [2.05, 4.69) is 50.4 Å². The summed E-state index contributed by atoms with van der Waals surface area (Å²) in [4.78, 5) is 24.9. The molecule has 1 aromatic heterocycles. The number of aliphatic hydroxyl groups is 1. The molecule has 5 aromatic carbocycles. The van der Waals surface area contributed by atoms with Gasteiger partial charge in [0.25, 0.3) is 0 Å². The van der Waals surface area contributed by atoms with Crippen LogP contribution in [0.25, 0.3) is 16.8 Å². The van der Waals surface area contributed by atoms with Crippen molar-refractivity contribution in [1.29, 1.82) is 0 Å². The third-order valence-corrected chi connectivity index (χ3v) is 11.0. The minimum absolute atomic E-state index is 0.0159. The number of thioether (sulfide) groups is 1. The van der Waals surface area contributed by atoms with Gasteiger partial charge in [0.2, 0.25) is 17.0 Å². The number of carbonyl (C=O) groups is 2. The molecule has 0 spiro atoms. The number of carbonyl (C=O) groups excluding carboxylic acids is 2. The monoisotopic (exact) mass is 797 g/mol. The fourth-order valence-electron chi connectivity index (χ4n) is 6.74. The van der Waals surface area contributed by atoms with Gasteiger partial charge in [0.05, 0.1) is 35.9 Å². The second-order valence-electron chi connectivity index (χ2n) is 14.2. The number of hydrogen-bond donors (Lipinski definition) is 4. The SMILES string of the molecule is Nc1ccccc1NC(=O)CCCCCC(=O)NCc1cccc(-c2ccc([C@@H]3O[C@H](CSc4nnnn4-c4ccccc4)C[C@H](c4ccc(CO)cc4)O3)cc2)c1. The summed E-state index contributed by atoms with van der Waals surface area (Å²) in [5.41, 5.74) is 13.8. The van der Waals surface area contributed by atoms with E-state index in [1.165, 1.54) is 11.8 Å². The highest BCUT2D eigenvalue weighted by atomic mass is 32.2. The summed E-state index contributed by atoms with van der Waals surface area (Å²) in [5.74, 6) is 0.518. The first kappa shape index (κ1) is 40.3. The maximum Gasteiger partial charge on any atom is 0.224 e. The van der Waals surface area contributed by atoms with Crippen LogP contribution in [0.4, 0.5) is 11.4 Å². The van der Waals surface area contributed by atoms with Crippen LogP contribution < -0.4 is 16.4 Å². The fourth-order valence-corrected chi connectivity index (χ4v) is 7.65. The molecule has 7 rings (SSSR count).